The second-order valence-corrected chi connectivity index (χ2v) is 6.91. The Kier molecular flexibility index (Phi) is 5.10. The highest BCUT2D eigenvalue weighted by Gasteiger charge is 2.35. The molecule has 1 aliphatic rings. The number of nitro benzene ring substituents is 1. The van der Waals surface area contributed by atoms with Crippen LogP contribution in [-0.4, -0.2) is 47.7 Å². The van der Waals surface area contributed by atoms with Gasteiger partial charge in [0.1, 0.15) is 5.56 Å². The number of hydrogen-bond acceptors (Lipinski definition) is 7. The molecule has 1 aliphatic heterocycles. The lowest BCUT2D eigenvalue weighted by Crippen LogP contribution is -2.46. The van der Waals surface area contributed by atoms with Crippen LogP contribution < -0.4 is 4.74 Å². The molecule has 2 aromatic rings. The van der Waals surface area contributed by atoms with E-state index in [1.165, 1.54) is 18.1 Å². The van der Waals surface area contributed by atoms with Crippen LogP contribution >= 0.6 is 11.3 Å². The zero-order chi connectivity index (χ0) is 18.8. The Morgan fingerprint density at radius 3 is 2.88 bits per heavy atom. The van der Waals surface area contributed by atoms with E-state index in [1.807, 2.05) is 11.4 Å². The SMILES string of the molecule is COC[C@@H]1Cc2sccc2CN1C(=O)c1cc(OC)c(O)cc1[N+](=O)[O-]. The first-order valence-electron chi connectivity index (χ1n) is 7.86. The normalized spacial score (nSPS) is 16.2. The van der Waals surface area contributed by atoms with Crippen molar-refractivity contribution in [1.29, 1.82) is 0 Å². The fraction of sp³-hybridized carbons (Fsp3) is 0.353. The van der Waals surface area contributed by atoms with E-state index in [0.717, 1.165) is 11.6 Å². The number of ether oxygens (including phenoxy) is 2. The number of hydrogen-bond donors (Lipinski definition) is 1. The molecule has 0 radical (unpaired) electrons. The molecule has 138 valence electrons. The zero-order valence-corrected chi connectivity index (χ0v) is 15.1. The summed E-state index contributed by atoms with van der Waals surface area (Å²) in [5, 5.41) is 23.2. The molecular formula is C17H18N2O6S. The highest BCUT2D eigenvalue weighted by molar-refractivity contribution is 7.10. The average molecular weight is 378 g/mol. The van der Waals surface area contributed by atoms with Crippen LogP contribution in [0.4, 0.5) is 5.69 Å². The number of nitrogens with zero attached hydrogens (tertiary/aromatic N) is 2. The molecule has 1 N–H and O–H groups in total. The second kappa shape index (κ2) is 7.30. The summed E-state index contributed by atoms with van der Waals surface area (Å²) in [6.07, 6.45) is 0.635. The first-order valence-corrected chi connectivity index (χ1v) is 8.74. The van der Waals surface area contributed by atoms with Crippen molar-refractivity contribution in [2.24, 2.45) is 0 Å². The number of rotatable bonds is 5. The molecule has 0 saturated heterocycles. The topological polar surface area (TPSA) is 102 Å². The molecule has 2 heterocycles. The van der Waals surface area contributed by atoms with E-state index in [-0.39, 0.29) is 23.1 Å². The van der Waals surface area contributed by atoms with Crippen LogP contribution in [0.3, 0.4) is 0 Å². The second-order valence-electron chi connectivity index (χ2n) is 5.91. The van der Waals surface area contributed by atoms with Crippen molar-refractivity contribution in [1.82, 2.24) is 4.90 Å². The van der Waals surface area contributed by atoms with Crippen molar-refractivity contribution in [2.45, 2.75) is 19.0 Å². The first-order chi connectivity index (χ1) is 12.5. The maximum atomic E-state index is 13.2. The number of phenolic OH excluding ortho intramolecular Hbond substituents is 1. The molecule has 3 rings (SSSR count). The number of phenols is 1. The summed E-state index contributed by atoms with van der Waals surface area (Å²) in [7, 11) is 2.88. The van der Waals surface area contributed by atoms with Crippen LogP contribution in [0.5, 0.6) is 11.5 Å². The molecule has 0 fully saturated rings. The summed E-state index contributed by atoms with van der Waals surface area (Å²) in [6.45, 7) is 0.679. The monoisotopic (exact) mass is 378 g/mol. The van der Waals surface area contributed by atoms with Gasteiger partial charge < -0.3 is 19.5 Å². The number of thiophene rings is 1. The van der Waals surface area contributed by atoms with Crippen molar-refractivity contribution in [3.8, 4) is 11.5 Å². The van der Waals surface area contributed by atoms with Crippen molar-refractivity contribution >= 4 is 22.9 Å². The van der Waals surface area contributed by atoms with E-state index in [2.05, 4.69) is 0 Å². The Hall–Kier alpha value is -2.65. The predicted octanol–water partition coefficient (Wildman–Crippen LogP) is 2.58. The Labute approximate surface area is 153 Å². The number of fused-ring (bicyclic) bond motifs is 1. The molecule has 1 atom stereocenters. The maximum absolute atomic E-state index is 13.2. The van der Waals surface area contributed by atoms with Crippen LogP contribution in [0.1, 0.15) is 20.8 Å². The highest BCUT2D eigenvalue weighted by Crippen LogP contribution is 2.36. The van der Waals surface area contributed by atoms with Crippen molar-refractivity contribution < 1.29 is 24.3 Å². The first kappa shape index (κ1) is 18.2. The summed E-state index contributed by atoms with van der Waals surface area (Å²) >= 11 is 1.63. The molecule has 0 bridgehead atoms. The van der Waals surface area contributed by atoms with E-state index >= 15 is 0 Å². The third-order valence-electron chi connectivity index (χ3n) is 4.38. The summed E-state index contributed by atoms with van der Waals surface area (Å²) in [5.41, 5.74) is 0.453. The van der Waals surface area contributed by atoms with Gasteiger partial charge in [-0.15, -0.1) is 11.3 Å². The molecule has 8 nitrogen and oxygen atoms in total. The number of aromatic hydroxyl groups is 1. The van der Waals surface area contributed by atoms with Gasteiger partial charge in [0.25, 0.3) is 11.6 Å². The summed E-state index contributed by atoms with van der Waals surface area (Å²) in [6, 6.07) is 3.88. The molecule has 1 aromatic carbocycles. The fourth-order valence-corrected chi connectivity index (χ4v) is 4.07. The molecule has 0 unspecified atom stereocenters. The van der Waals surface area contributed by atoms with E-state index in [0.29, 0.717) is 19.6 Å². The molecule has 0 aliphatic carbocycles. The van der Waals surface area contributed by atoms with Crippen LogP contribution in [0.25, 0.3) is 0 Å². The number of methoxy groups -OCH3 is 2. The predicted molar refractivity (Wildman–Crippen MR) is 94.9 cm³/mol. The number of benzene rings is 1. The summed E-state index contributed by atoms with van der Waals surface area (Å²) < 4.78 is 10.3. The van der Waals surface area contributed by atoms with Gasteiger partial charge in [-0.25, -0.2) is 0 Å². The Morgan fingerprint density at radius 1 is 1.46 bits per heavy atom. The maximum Gasteiger partial charge on any atom is 0.286 e. The minimum Gasteiger partial charge on any atom is -0.504 e. The Morgan fingerprint density at radius 2 is 2.23 bits per heavy atom. The molecule has 26 heavy (non-hydrogen) atoms. The van der Waals surface area contributed by atoms with Gasteiger partial charge in [0, 0.05) is 31.0 Å². The molecular weight excluding hydrogens is 360 g/mol. The average Bonchev–Trinajstić information content (AvgIpc) is 3.07. The molecule has 0 saturated carbocycles. The van der Waals surface area contributed by atoms with E-state index in [9.17, 15) is 20.0 Å². The number of nitro groups is 1. The molecule has 9 heteroatoms. The minimum atomic E-state index is -0.683. The minimum absolute atomic E-state index is 0.00970. The van der Waals surface area contributed by atoms with Crippen LogP contribution in [0, 0.1) is 10.1 Å². The van der Waals surface area contributed by atoms with Crippen molar-refractivity contribution in [3.05, 3.63) is 49.7 Å². The van der Waals surface area contributed by atoms with Gasteiger partial charge >= 0.3 is 0 Å². The standard InChI is InChI=1S/C17H18N2O6S/c1-24-9-11-5-16-10(3-4-26-16)8-18(11)17(21)12-6-15(25-2)14(20)7-13(12)19(22)23/h3-4,6-7,11,20H,5,8-9H2,1-2H3/t11-/m0/s1. The zero-order valence-electron chi connectivity index (χ0n) is 14.3. The van der Waals surface area contributed by atoms with Crippen LogP contribution in [-0.2, 0) is 17.7 Å². The number of amides is 1. The summed E-state index contributed by atoms with van der Waals surface area (Å²) in [4.78, 5) is 26.6. The molecule has 1 amide bonds. The van der Waals surface area contributed by atoms with Gasteiger partial charge in [0.2, 0.25) is 0 Å². The van der Waals surface area contributed by atoms with Gasteiger partial charge in [0.15, 0.2) is 11.5 Å². The van der Waals surface area contributed by atoms with Gasteiger partial charge in [-0.1, -0.05) is 0 Å². The van der Waals surface area contributed by atoms with E-state index in [4.69, 9.17) is 9.47 Å². The van der Waals surface area contributed by atoms with Gasteiger partial charge in [-0.3, -0.25) is 14.9 Å². The highest BCUT2D eigenvalue weighted by atomic mass is 32.1. The lowest BCUT2D eigenvalue weighted by Gasteiger charge is -2.35. The Bertz CT molecular complexity index is 850. The third kappa shape index (κ3) is 3.23. The molecule has 1 aromatic heterocycles. The van der Waals surface area contributed by atoms with Gasteiger partial charge in [-0.2, -0.15) is 0 Å². The number of carbonyl (C=O) groups is 1. The van der Waals surface area contributed by atoms with Crippen molar-refractivity contribution in [2.75, 3.05) is 20.8 Å². The van der Waals surface area contributed by atoms with E-state index in [1.54, 1.807) is 23.3 Å². The van der Waals surface area contributed by atoms with Gasteiger partial charge in [0.05, 0.1) is 30.7 Å². The number of carbonyl (C=O) groups excluding carboxylic acids is 1. The van der Waals surface area contributed by atoms with E-state index < -0.39 is 16.5 Å². The fourth-order valence-electron chi connectivity index (χ4n) is 3.10. The smallest absolute Gasteiger partial charge is 0.286 e. The van der Waals surface area contributed by atoms with Crippen LogP contribution in [0.2, 0.25) is 0 Å². The van der Waals surface area contributed by atoms with Gasteiger partial charge in [-0.05, 0) is 17.0 Å². The largest absolute Gasteiger partial charge is 0.504 e. The molecule has 0 spiro atoms. The summed E-state index contributed by atoms with van der Waals surface area (Å²) in [5.74, 6) is -0.868. The third-order valence-corrected chi connectivity index (χ3v) is 5.37. The lowest BCUT2D eigenvalue weighted by atomic mass is 10.00. The quantitative estimate of drug-likeness (QED) is 0.634. The lowest BCUT2D eigenvalue weighted by molar-refractivity contribution is -0.385. The van der Waals surface area contributed by atoms with Crippen LogP contribution in [0.15, 0.2) is 23.6 Å². The van der Waals surface area contributed by atoms with Crippen molar-refractivity contribution in [3.63, 3.8) is 0 Å². The Balaban J connectivity index is 2.03.